The summed E-state index contributed by atoms with van der Waals surface area (Å²) in [6.07, 6.45) is 0.943. The number of benzene rings is 1. The zero-order valence-corrected chi connectivity index (χ0v) is 11.5. The van der Waals surface area contributed by atoms with Crippen LogP contribution < -0.4 is 5.32 Å². The van der Waals surface area contributed by atoms with Crippen LogP contribution in [0.1, 0.15) is 30.6 Å². The second-order valence-electron chi connectivity index (χ2n) is 4.37. The minimum atomic E-state index is 0.00113. The minimum Gasteiger partial charge on any atom is -0.350 e. The van der Waals surface area contributed by atoms with Crippen molar-refractivity contribution in [3.8, 4) is 11.1 Å². The standard InChI is InChI=1S/C15H17NOS/c1-3-11(2)16-15(17)13-6-4-12(5-7-13)14-8-9-18-10-14/h4-11H,3H2,1-2H3,(H,16,17). The second kappa shape index (κ2) is 5.83. The summed E-state index contributed by atoms with van der Waals surface area (Å²) in [7, 11) is 0. The van der Waals surface area contributed by atoms with Gasteiger partial charge in [0.2, 0.25) is 0 Å². The van der Waals surface area contributed by atoms with Gasteiger partial charge in [0.15, 0.2) is 0 Å². The fraction of sp³-hybridized carbons (Fsp3) is 0.267. The van der Waals surface area contributed by atoms with Crippen molar-refractivity contribution < 1.29 is 4.79 Å². The average molecular weight is 259 g/mol. The molecule has 1 aromatic heterocycles. The largest absolute Gasteiger partial charge is 0.350 e. The van der Waals surface area contributed by atoms with E-state index in [4.69, 9.17) is 0 Å². The van der Waals surface area contributed by atoms with Crippen molar-refractivity contribution in [2.45, 2.75) is 26.3 Å². The van der Waals surface area contributed by atoms with Crippen molar-refractivity contribution in [1.82, 2.24) is 5.32 Å². The van der Waals surface area contributed by atoms with E-state index in [2.05, 4.69) is 29.1 Å². The van der Waals surface area contributed by atoms with E-state index < -0.39 is 0 Å². The van der Waals surface area contributed by atoms with Crippen molar-refractivity contribution in [1.29, 1.82) is 0 Å². The third-order valence-corrected chi connectivity index (χ3v) is 3.67. The molecule has 3 heteroatoms. The van der Waals surface area contributed by atoms with Crippen molar-refractivity contribution in [2.24, 2.45) is 0 Å². The third kappa shape index (κ3) is 2.99. The summed E-state index contributed by atoms with van der Waals surface area (Å²) in [5.74, 6) is 0.00113. The van der Waals surface area contributed by atoms with E-state index in [0.29, 0.717) is 5.56 Å². The van der Waals surface area contributed by atoms with Crippen LogP contribution in [-0.2, 0) is 0 Å². The number of carbonyl (C=O) groups is 1. The van der Waals surface area contributed by atoms with Crippen LogP contribution >= 0.6 is 11.3 Å². The van der Waals surface area contributed by atoms with Crippen LogP contribution in [0.5, 0.6) is 0 Å². The molecule has 0 aliphatic carbocycles. The summed E-state index contributed by atoms with van der Waals surface area (Å²) in [6, 6.07) is 10.0. The minimum absolute atomic E-state index is 0.00113. The Morgan fingerprint density at radius 2 is 1.94 bits per heavy atom. The number of amides is 1. The Morgan fingerprint density at radius 3 is 2.50 bits per heavy atom. The molecule has 0 aliphatic rings. The molecule has 0 fully saturated rings. The van der Waals surface area contributed by atoms with E-state index in [1.807, 2.05) is 31.2 Å². The van der Waals surface area contributed by atoms with Gasteiger partial charge in [-0.25, -0.2) is 0 Å². The summed E-state index contributed by atoms with van der Waals surface area (Å²) >= 11 is 1.68. The lowest BCUT2D eigenvalue weighted by Crippen LogP contribution is -2.31. The fourth-order valence-corrected chi connectivity index (χ4v) is 2.32. The summed E-state index contributed by atoms with van der Waals surface area (Å²) in [4.78, 5) is 11.9. The Kier molecular flexibility index (Phi) is 4.15. The van der Waals surface area contributed by atoms with Crippen LogP contribution in [0.2, 0.25) is 0 Å². The lowest BCUT2D eigenvalue weighted by molar-refractivity contribution is 0.0939. The van der Waals surface area contributed by atoms with Crippen LogP contribution in [0, 0.1) is 0 Å². The Bertz CT molecular complexity index is 502. The molecule has 0 aliphatic heterocycles. The predicted octanol–water partition coefficient (Wildman–Crippen LogP) is 3.94. The van der Waals surface area contributed by atoms with Gasteiger partial charge in [-0.15, -0.1) is 0 Å². The highest BCUT2D eigenvalue weighted by atomic mass is 32.1. The van der Waals surface area contributed by atoms with Crippen molar-refractivity contribution in [2.75, 3.05) is 0 Å². The smallest absolute Gasteiger partial charge is 0.251 e. The highest BCUT2D eigenvalue weighted by Crippen LogP contribution is 2.22. The lowest BCUT2D eigenvalue weighted by atomic mass is 10.1. The van der Waals surface area contributed by atoms with Gasteiger partial charge in [0.05, 0.1) is 0 Å². The highest BCUT2D eigenvalue weighted by Gasteiger charge is 2.08. The SMILES string of the molecule is CCC(C)NC(=O)c1ccc(-c2ccsc2)cc1. The average Bonchev–Trinajstić information content (AvgIpc) is 2.92. The van der Waals surface area contributed by atoms with E-state index in [-0.39, 0.29) is 11.9 Å². The van der Waals surface area contributed by atoms with E-state index in [9.17, 15) is 4.79 Å². The fourth-order valence-electron chi connectivity index (χ4n) is 1.65. The Balaban J connectivity index is 2.10. The van der Waals surface area contributed by atoms with Gasteiger partial charge in [-0.1, -0.05) is 19.1 Å². The molecule has 0 bridgehead atoms. The molecule has 1 amide bonds. The van der Waals surface area contributed by atoms with Crippen molar-refractivity contribution >= 4 is 17.2 Å². The summed E-state index contributed by atoms with van der Waals surface area (Å²) in [5, 5.41) is 7.12. The van der Waals surface area contributed by atoms with E-state index in [0.717, 1.165) is 12.0 Å². The highest BCUT2D eigenvalue weighted by molar-refractivity contribution is 7.08. The first-order chi connectivity index (χ1) is 8.70. The number of rotatable bonds is 4. The second-order valence-corrected chi connectivity index (χ2v) is 5.15. The molecule has 1 N–H and O–H groups in total. The zero-order valence-electron chi connectivity index (χ0n) is 10.6. The molecule has 2 rings (SSSR count). The molecule has 2 nitrogen and oxygen atoms in total. The molecule has 0 saturated carbocycles. The first-order valence-corrected chi connectivity index (χ1v) is 7.08. The lowest BCUT2D eigenvalue weighted by Gasteiger charge is -2.11. The van der Waals surface area contributed by atoms with Gasteiger partial charge in [0, 0.05) is 11.6 Å². The first-order valence-electron chi connectivity index (χ1n) is 6.14. The van der Waals surface area contributed by atoms with Crippen LogP contribution in [0.25, 0.3) is 11.1 Å². The topological polar surface area (TPSA) is 29.1 Å². The molecular formula is C15H17NOS. The quantitative estimate of drug-likeness (QED) is 0.885. The summed E-state index contributed by atoms with van der Waals surface area (Å²) < 4.78 is 0. The first kappa shape index (κ1) is 12.8. The number of hydrogen-bond acceptors (Lipinski definition) is 2. The molecule has 1 atom stereocenters. The van der Waals surface area contributed by atoms with E-state index in [1.54, 1.807) is 11.3 Å². The Hall–Kier alpha value is -1.61. The molecule has 1 unspecified atom stereocenters. The molecular weight excluding hydrogens is 242 g/mol. The van der Waals surface area contributed by atoms with E-state index >= 15 is 0 Å². The third-order valence-electron chi connectivity index (χ3n) is 2.99. The summed E-state index contributed by atoms with van der Waals surface area (Å²) in [5.41, 5.74) is 3.07. The molecule has 94 valence electrons. The molecule has 0 radical (unpaired) electrons. The molecule has 0 saturated heterocycles. The van der Waals surface area contributed by atoms with Crippen LogP contribution in [0.3, 0.4) is 0 Å². The predicted molar refractivity (Wildman–Crippen MR) is 77.0 cm³/mol. The molecule has 1 heterocycles. The van der Waals surface area contributed by atoms with Crippen LogP contribution in [0.15, 0.2) is 41.1 Å². The maximum Gasteiger partial charge on any atom is 0.251 e. The monoisotopic (exact) mass is 259 g/mol. The summed E-state index contributed by atoms with van der Waals surface area (Å²) in [6.45, 7) is 4.07. The van der Waals surface area contributed by atoms with Crippen LogP contribution in [-0.4, -0.2) is 11.9 Å². The van der Waals surface area contributed by atoms with Crippen molar-refractivity contribution in [3.05, 3.63) is 46.7 Å². The maximum atomic E-state index is 11.9. The Labute approximate surface area is 112 Å². The van der Waals surface area contributed by atoms with E-state index in [1.165, 1.54) is 5.56 Å². The van der Waals surface area contributed by atoms with Gasteiger partial charge in [0.1, 0.15) is 0 Å². The van der Waals surface area contributed by atoms with Gasteiger partial charge in [-0.3, -0.25) is 4.79 Å². The molecule has 2 aromatic rings. The van der Waals surface area contributed by atoms with Gasteiger partial charge < -0.3 is 5.32 Å². The van der Waals surface area contributed by atoms with Gasteiger partial charge in [-0.2, -0.15) is 11.3 Å². The van der Waals surface area contributed by atoms with Gasteiger partial charge >= 0.3 is 0 Å². The zero-order chi connectivity index (χ0) is 13.0. The van der Waals surface area contributed by atoms with Gasteiger partial charge in [-0.05, 0) is 53.4 Å². The van der Waals surface area contributed by atoms with Gasteiger partial charge in [0.25, 0.3) is 5.91 Å². The molecule has 0 spiro atoms. The number of carbonyl (C=O) groups excluding carboxylic acids is 1. The number of thiophene rings is 1. The number of nitrogens with one attached hydrogen (secondary N) is 1. The van der Waals surface area contributed by atoms with Crippen molar-refractivity contribution in [3.63, 3.8) is 0 Å². The molecule has 18 heavy (non-hydrogen) atoms. The number of hydrogen-bond donors (Lipinski definition) is 1. The van der Waals surface area contributed by atoms with Crippen LogP contribution in [0.4, 0.5) is 0 Å². The maximum absolute atomic E-state index is 11.9. The molecule has 1 aromatic carbocycles. The Morgan fingerprint density at radius 1 is 1.22 bits per heavy atom. The normalized spacial score (nSPS) is 12.1.